The van der Waals surface area contributed by atoms with Crippen LogP contribution in [0.4, 0.5) is 0 Å². The molecule has 1 aromatic heterocycles. The Hall–Kier alpha value is -3.93. The molecule has 4 rings (SSSR count). The number of carboxylic acid groups (broad SMARTS) is 1. The van der Waals surface area contributed by atoms with E-state index in [0.29, 0.717) is 36.5 Å². The largest absolute Gasteiger partial charge is 0.507 e. The van der Waals surface area contributed by atoms with Gasteiger partial charge in [-0.3, -0.25) is 4.55 Å². The third-order valence-electron chi connectivity index (χ3n) is 4.32. The van der Waals surface area contributed by atoms with Gasteiger partial charge in [0.05, 0.1) is 35.7 Å². The second-order valence-corrected chi connectivity index (χ2v) is 8.89. The first-order chi connectivity index (χ1) is 19.5. The highest BCUT2D eigenvalue weighted by molar-refractivity contribution is 7.85. The van der Waals surface area contributed by atoms with E-state index in [1.165, 1.54) is 24.3 Å². The summed E-state index contributed by atoms with van der Waals surface area (Å²) in [6, 6.07) is 19.6. The number of hydrogen-bond donors (Lipinski definition) is 10. The first-order valence-electron chi connectivity index (χ1n) is 12.0. The van der Waals surface area contributed by atoms with E-state index < -0.39 is 16.1 Å². The van der Waals surface area contributed by atoms with Crippen molar-refractivity contribution in [3.8, 4) is 17.1 Å². The molecule has 0 saturated carbocycles. The minimum atomic E-state index is -4.20. The second-order valence-electron chi connectivity index (χ2n) is 7.46. The van der Waals surface area contributed by atoms with Gasteiger partial charge >= 0.3 is 5.97 Å². The van der Waals surface area contributed by atoms with Crippen LogP contribution in [0.2, 0.25) is 0 Å². The lowest BCUT2D eigenvalue weighted by atomic mass is 10.2. The number of hydrogen-bond acceptors (Lipinski definition) is 11. The average Bonchev–Trinajstić information content (AvgIpc) is 3.42. The lowest BCUT2D eigenvalue weighted by Crippen LogP contribution is -2.02. The number of fused-ring (bicyclic) bond motifs is 1. The Morgan fingerprint density at radius 2 is 1.29 bits per heavy atom. The molecule has 14 nitrogen and oxygen atoms in total. The number of aromatic nitrogens is 2. The topological polar surface area (TPSA) is 279 Å². The molecule has 0 atom stereocenters. The molecule has 0 spiro atoms. The number of nitrogens with zero attached hydrogens (tertiary/aromatic N) is 1. The molecule has 0 aliphatic carbocycles. The van der Waals surface area contributed by atoms with E-state index in [-0.39, 0.29) is 36.0 Å². The van der Waals surface area contributed by atoms with E-state index in [1.54, 1.807) is 18.2 Å². The summed E-state index contributed by atoms with van der Waals surface area (Å²) in [6.07, 6.45) is 0. The van der Waals surface area contributed by atoms with Crippen molar-refractivity contribution in [1.29, 1.82) is 0 Å². The fourth-order valence-corrected chi connectivity index (χ4v) is 3.04. The number of H-pyrrole nitrogens is 1. The van der Waals surface area contributed by atoms with Gasteiger partial charge in [-0.15, -0.1) is 0 Å². The molecule has 0 amide bonds. The number of carboxylic acids is 1. The lowest BCUT2D eigenvalue weighted by Gasteiger charge is -1.95. The van der Waals surface area contributed by atoms with Gasteiger partial charge in [0, 0.05) is 25.2 Å². The van der Waals surface area contributed by atoms with Crippen LogP contribution in [0.15, 0.2) is 77.7 Å². The van der Waals surface area contributed by atoms with E-state index in [4.69, 9.17) is 47.3 Å². The maximum atomic E-state index is 11.1. The molecule has 0 saturated heterocycles. The average molecular weight is 596 g/mol. The van der Waals surface area contributed by atoms with Crippen LogP contribution in [-0.2, 0) is 10.1 Å². The zero-order valence-corrected chi connectivity index (χ0v) is 23.0. The van der Waals surface area contributed by atoms with E-state index in [2.05, 4.69) is 9.97 Å². The summed E-state index contributed by atoms with van der Waals surface area (Å²) >= 11 is 0. The highest BCUT2D eigenvalue weighted by Gasteiger charge is 2.12. The number of benzene rings is 3. The fourth-order valence-electron chi connectivity index (χ4n) is 2.54. The third kappa shape index (κ3) is 14.9. The number of aliphatic hydroxyl groups excluding tert-OH is 3. The number of phenols is 1. The van der Waals surface area contributed by atoms with Crippen molar-refractivity contribution in [3.63, 3.8) is 0 Å². The Bertz CT molecular complexity index is 1370. The Kier molecular flexibility index (Phi) is 18.9. The molecule has 1 heterocycles. The highest BCUT2D eigenvalue weighted by atomic mass is 32.2. The van der Waals surface area contributed by atoms with Crippen molar-refractivity contribution in [1.82, 2.24) is 9.97 Å². The molecule has 0 aliphatic heterocycles. The van der Waals surface area contributed by atoms with Crippen LogP contribution in [0.1, 0.15) is 10.4 Å². The minimum Gasteiger partial charge on any atom is -0.507 e. The summed E-state index contributed by atoms with van der Waals surface area (Å²) in [4.78, 5) is 17.5. The Morgan fingerprint density at radius 1 is 0.805 bits per heavy atom. The molecule has 226 valence electrons. The molecule has 13 N–H and O–H groups in total. The first kappa shape index (κ1) is 37.1. The summed E-state index contributed by atoms with van der Waals surface area (Å²) in [7, 11) is -4.20. The SMILES string of the molecule is NCCO.NCCO.NCCO.O=C(O)c1ccccc1O.O=S(=O)(O)c1ccc2nc(-c3ccccc3)[nH]c2c1. The number of imidazole rings is 1. The molecular formula is C26H37N5O9S. The minimum absolute atomic E-state index is 0.0671. The lowest BCUT2D eigenvalue weighted by molar-refractivity contribution is 0.0693. The number of rotatable bonds is 6. The Labute approximate surface area is 237 Å². The van der Waals surface area contributed by atoms with Crippen molar-refractivity contribution in [2.45, 2.75) is 4.90 Å². The van der Waals surface area contributed by atoms with Crippen LogP contribution in [0.3, 0.4) is 0 Å². The Balaban J connectivity index is 0.000000608. The number of para-hydroxylation sites is 1. The molecule has 4 aromatic rings. The van der Waals surface area contributed by atoms with Crippen molar-refractivity contribution in [2.75, 3.05) is 39.5 Å². The summed E-state index contributed by atoms with van der Waals surface area (Å²) in [6.45, 7) is 1.42. The van der Waals surface area contributed by atoms with Crippen LogP contribution in [-0.4, -0.2) is 93.9 Å². The summed E-state index contributed by atoms with van der Waals surface area (Å²) in [5.41, 5.74) is 16.4. The molecule has 3 aromatic carbocycles. The fraction of sp³-hybridized carbons (Fsp3) is 0.231. The molecule has 0 radical (unpaired) electrons. The number of aromatic carboxylic acids is 1. The highest BCUT2D eigenvalue weighted by Crippen LogP contribution is 2.22. The number of nitrogens with two attached hydrogens (primary N) is 3. The van der Waals surface area contributed by atoms with E-state index >= 15 is 0 Å². The van der Waals surface area contributed by atoms with Crippen LogP contribution >= 0.6 is 0 Å². The van der Waals surface area contributed by atoms with Crippen LogP contribution < -0.4 is 17.2 Å². The molecule has 0 aliphatic rings. The van der Waals surface area contributed by atoms with Gasteiger partial charge in [0.15, 0.2) is 0 Å². The Morgan fingerprint density at radius 3 is 1.71 bits per heavy atom. The number of aliphatic hydroxyl groups is 3. The monoisotopic (exact) mass is 595 g/mol. The van der Waals surface area contributed by atoms with E-state index in [9.17, 15) is 13.2 Å². The van der Waals surface area contributed by atoms with Crippen LogP contribution in [0.25, 0.3) is 22.4 Å². The van der Waals surface area contributed by atoms with Gasteiger partial charge in [-0.1, -0.05) is 42.5 Å². The predicted molar refractivity (Wildman–Crippen MR) is 155 cm³/mol. The summed E-state index contributed by atoms with van der Waals surface area (Å²) < 4.78 is 31.2. The predicted octanol–water partition coefficient (Wildman–Crippen LogP) is 0.379. The van der Waals surface area contributed by atoms with Gasteiger partial charge in [-0.25, -0.2) is 9.78 Å². The van der Waals surface area contributed by atoms with Crippen molar-refractivity contribution >= 4 is 27.1 Å². The van der Waals surface area contributed by atoms with E-state index in [0.717, 1.165) is 5.56 Å². The molecular weight excluding hydrogens is 558 g/mol. The molecule has 41 heavy (non-hydrogen) atoms. The van der Waals surface area contributed by atoms with Gasteiger partial charge < -0.3 is 47.7 Å². The van der Waals surface area contributed by atoms with Crippen molar-refractivity contribution in [2.24, 2.45) is 17.2 Å². The van der Waals surface area contributed by atoms with Crippen molar-refractivity contribution in [3.05, 3.63) is 78.4 Å². The number of carbonyl (C=O) groups is 1. The standard InChI is InChI=1S/C13H10N2O3S.C7H6O3.3C2H7NO/c16-19(17,18)10-6-7-11-12(8-10)15-13(14-11)9-4-2-1-3-5-9;8-6-4-2-1-3-5(6)7(9)10;3*3-1-2-4/h1-8H,(H,14,15)(H,16,17,18);1-4,8H,(H,9,10);3*4H,1-3H2. The van der Waals surface area contributed by atoms with Gasteiger partial charge in [-0.2, -0.15) is 8.42 Å². The normalized spacial score (nSPS) is 9.93. The second kappa shape index (κ2) is 20.9. The molecule has 15 heteroatoms. The van der Waals surface area contributed by atoms with Gasteiger partial charge in [0.2, 0.25) is 0 Å². The quantitative estimate of drug-likeness (QED) is 0.135. The summed E-state index contributed by atoms with van der Waals surface area (Å²) in [5.74, 6) is -0.656. The first-order valence-corrected chi connectivity index (χ1v) is 13.4. The maximum absolute atomic E-state index is 11.1. The molecule has 0 bridgehead atoms. The van der Waals surface area contributed by atoms with E-state index in [1.807, 2.05) is 30.3 Å². The van der Waals surface area contributed by atoms with Gasteiger partial charge in [0.1, 0.15) is 17.1 Å². The summed E-state index contributed by atoms with van der Waals surface area (Å²) in [5, 5.41) is 40.6. The number of aromatic hydroxyl groups is 1. The smallest absolute Gasteiger partial charge is 0.339 e. The van der Waals surface area contributed by atoms with Crippen molar-refractivity contribution < 1.29 is 43.3 Å². The maximum Gasteiger partial charge on any atom is 0.339 e. The third-order valence-corrected chi connectivity index (χ3v) is 5.17. The number of nitrogens with one attached hydrogen (secondary N) is 1. The molecule has 0 fully saturated rings. The van der Waals surface area contributed by atoms with Crippen LogP contribution in [0.5, 0.6) is 5.75 Å². The van der Waals surface area contributed by atoms with Gasteiger partial charge in [-0.05, 0) is 30.3 Å². The zero-order chi connectivity index (χ0) is 31.3. The zero-order valence-electron chi connectivity index (χ0n) is 22.2. The van der Waals surface area contributed by atoms with Gasteiger partial charge in [0.25, 0.3) is 10.1 Å². The van der Waals surface area contributed by atoms with Crippen LogP contribution in [0, 0.1) is 0 Å². The number of aromatic amines is 1. The molecule has 0 unspecified atom stereocenters.